The number of unbranched alkanes of at least 4 members (excludes halogenated alkanes) is 2. The summed E-state index contributed by atoms with van der Waals surface area (Å²) in [6, 6.07) is 8.10. The minimum Gasteiger partial charge on any atom is -0.477 e. The minimum atomic E-state index is 0. The smallest absolute Gasteiger partial charge is 0.229 e. The van der Waals surface area contributed by atoms with Crippen molar-refractivity contribution < 1.29 is 4.74 Å². The highest BCUT2D eigenvalue weighted by Crippen LogP contribution is 2.26. The maximum atomic E-state index is 6.01. The highest BCUT2D eigenvalue weighted by Gasteiger charge is 2.20. The third kappa shape index (κ3) is 6.23. The number of para-hydroxylation sites is 1. The van der Waals surface area contributed by atoms with Crippen LogP contribution in [0.1, 0.15) is 26.2 Å². The SMILES string of the molecule is C=CCN1CCN(c2nc(OCCCCC)c3ccccc3n2)CC1.Cl.Cl. The molecule has 5 nitrogen and oxygen atoms in total. The predicted molar refractivity (Wildman–Crippen MR) is 118 cm³/mol. The molecule has 1 fully saturated rings. The van der Waals surface area contributed by atoms with Crippen molar-refractivity contribution >= 4 is 41.7 Å². The first-order valence-corrected chi connectivity index (χ1v) is 9.29. The Bertz CT molecular complexity index is 705. The second-order valence-corrected chi connectivity index (χ2v) is 6.48. The van der Waals surface area contributed by atoms with Gasteiger partial charge in [-0.25, -0.2) is 4.98 Å². The molecule has 1 aliphatic heterocycles. The lowest BCUT2D eigenvalue weighted by atomic mass is 10.2. The minimum absolute atomic E-state index is 0. The molecule has 0 saturated carbocycles. The van der Waals surface area contributed by atoms with Crippen molar-refractivity contribution in [2.45, 2.75) is 26.2 Å². The molecule has 150 valence electrons. The van der Waals surface area contributed by atoms with Crippen LogP contribution in [0.4, 0.5) is 5.95 Å². The van der Waals surface area contributed by atoms with Gasteiger partial charge in [0.1, 0.15) is 0 Å². The molecular weight excluding hydrogens is 383 g/mol. The number of hydrogen-bond acceptors (Lipinski definition) is 5. The lowest BCUT2D eigenvalue weighted by molar-refractivity contribution is 0.280. The number of hydrogen-bond donors (Lipinski definition) is 0. The number of halogens is 2. The van der Waals surface area contributed by atoms with Gasteiger partial charge >= 0.3 is 0 Å². The van der Waals surface area contributed by atoms with Crippen LogP contribution in [0.5, 0.6) is 5.88 Å². The second kappa shape index (κ2) is 12.0. The van der Waals surface area contributed by atoms with E-state index >= 15 is 0 Å². The van der Waals surface area contributed by atoms with Crippen molar-refractivity contribution in [1.29, 1.82) is 0 Å². The summed E-state index contributed by atoms with van der Waals surface area (Å²) in [7, 11) is 0. The Morgan fingerprint density at radius 3 is 2.52 bits per heavy atom. The first kappa shape index (κ1) is 23.5. The summed E-state index contributed by atoms with van der Waals surface area (Å²) in [6.45, 7) is 11.6. The number of aromatic nitrogens is 2. The van der Waals surface area contributed by atoms with Gasteiger partial charge in [-0.05, 0) is 18.6 Å². The van der Waals surface area contributed by atoms with Crippen LogP contribution in [-0.2, 0) is 0 Å². The summed E-state index contributed by atoms with van der Waals surface area (Å²) in [4.78, 5) is 14.2. The quantitative estimate of drug-likeness (QED) is 0.476. The first-order chi connectivity index (χ1) is 12.3. The number of piperazine rings is 1. The van der Waals surface area contributed by atoms with Crippen LogP contribution in [0, 0.1) is 0 Å². The second-order valence-electron chi connectivity index (χ2n) is 6.48. The Balaban J connectivity index is 0.00000182. The number of anilines is 1. The van der Waals surface area contributed by atoms with E-state index in [0.29, 0.717) is 12.5 Å². The van der Waals surface area contributed by atoms with Crippen LogP contribution >= 0.6 is 24.8 Å². The van der Waals surface area contributed by atoms with Crippen LogP contribution in [0.15, 0.2) is 36.9 Å². The van der Waals surface area contributed by atoms with E-state index < -0.39 is 0 Å². The summed E-state index contributed by atoms with van der Waals surface area (Å²) >= 11 is 0. The van der Waals surface area contributed by atoms with Crippen LogP contribution in [0.2, 0.25) is 0 Å². The fourth-order valence-electron chi connectivity index (χ4n) is 3.12. The van der Waals surface area contributed by atoms with Gasteiger partial charge in [0, 0.05) is 32.7 Å². The van der Waals surface area contributed by atoms with E-state index in [4.69, 9.17) is 14.7 Å². The molecule has 1 saturated heterocycles. The lowest BCUT2D eigenvalue weighted by Gasteiger charge is -2.34. The number of rotatable bonds is 8. The van der Waals surface area contributed by atoms with Gasteiger partial charge in [0.05, 0.1) is 17.5 Å². The van der Waals surface area contributed by atoms with E-state index in [1.54, 1.807) is 0 Å². The summed E-state index contributed by atoms with van der Waals surface area (Å²) in [6.07, 6.45) is 5.39. The van der Waals surface area contributed by atoms with E-state index in [1.807, 2.05) is 30.3 Å². The number of nitrogens with zero attached hydrogens (tertiary/aromatic N) is 4. The normalized spacial score (nSPS) is 14.3. The van der Waals surface area contributed by atoms with Crippen LogP contribution in [0.3, 0.4) is 0 Å². The van der Waals surface area contributed by atoms with E-state index in [0.717, 1.165) is 56.0 Å². The van der Waals surface area contributed by atoms with E-state index in [-0.39, 0.29) is 24.8 Å². The first-order valence-electron chi connectivity index (χ1n) is 9.29. The van der Waals surface area contributed by atoms with Crippen molar-refractivity contribution in [3.63, 3.8) is 0 Å². The molecule has 1 aliphatic rings. The Morgan fingerprint density at radius 1 is 1.07 bits per heavy atom. The van der Waals surface area contributed by atoms with Gasteiger partial charge in [0.2, 0.25) is 11.8 Å². The molecule has 0 N–H and O–H groups in total. The molecular formula is C20H30Cl2N4O. The molecule has 0 atom stereocenters. The van der Waals surface area contributed by atoms with Gasteiger partial charge in [-0.1, -0.05) is 38.0 Å². The number of fused-ring (bicyclic) bond motifs is 1. The van der Waals surface area contributed by atoms with Gasteiger partial charge in [0.25, 0.3) is 0 Å². The van der Waals surface area contributed by atoms with Gasteiger partial charge < -0.3 is 9.64 Å². The zero-order chi connectivity index (χ0) is 17.5. The third-order valence-corrected chi connectivity index (χ3v) is 4.59. The maximum Gasteiger partial charge on any atom is 0.229 e. The Kier molecular flexibility index (Phi) is 10.4. The third-order valence-electron chi connectivity index (χ3n) is 4.59. The Hall–Kier alpha value is -1.56. The summed E-state index contributed by atoms with van der Waals surface area (Å²) in [5.41, 5.74) is 0.950. The van der Waals surface area contributed by atoms with Crippen LogP contribution < -0.4 is 9.64 Å². The number of benzene rings is 1. The average molecular weight is 413 g/mol. The molecule has 0 spiro atoms. The van der Waals surface area contributed by atoms with E-state index in [9.17, 15) is 0 Å². The van der Waals surface area contributed by atoms with E-state index in [1.165, 1.54) is 12.8 Å². The van der Waals surface area contributed by atoms with E-state index in [2.05, 4.69) is 23.3 Å². The standard InChI is InChI=1S/C20H28N4O.2ClH/c1-3-5-8-16-25-19-17-9-6-7-10-18(17)21-20(22-19)24-14-12-23(11-4-2)13-15-24;;/h4,6-7,9-10H,2-3,5,8,11-16H2,1H3;2*1H. The molecule has 0 unspecified atom stereocenters. The van der Waals surface area contributed by atoms with Crippen molar-refractivity contribution in [1.82, 2.24) is 14.9 Å². The average Bonchev–Trinajstić information content (AvgIpc) is 2.66. The molecule has 2 heterocycles. The van der Waals surface area contributed by atoms with Gasteiger partial charge in [-0.15, -0.1) is 31.4 Å². The van der Waals surface area contributed by atoms with Crippen molar-refractivity contribution in [2.24, 2.45) is 0 Å². The molecule has 2 aromatic rings. The molecule has 7 heteroatoms. The summed E-state index contributed by atoms with van der Waals surface area (Å²) in [5.74, 6) is 1.49. The fraction of sp³-hybridized carbons (Fsp3) is 0.500. The zero-order valence-corrected chi connectivity index (χ0v) is 17.6. The van der Waals surface area contributed by atoms with Crippen molar-refractivity contribution in [3.8, 4) is 5.88 Å². The topological polar surface area (TPSA) is 41.5 Å². The molecule has 0 radical (unpaired) electrons. The van der Waals surface area contributed by atoms with Crippen molar-refractivity contribution in [2.75, 3.05) is 44.2 Å². The molecule has 1 aromatic carbocycles. The van der Waals surface area contributed by atoms with Crippen LogP contribution in [-0.4, -0.2) is 54.2 Å². The highest BCUT2D eigenvalue weighted by molar-refractivity contribution is 5.86. The number of ether oxygens (including phenoxy) is 1. The van der Waals surface area contributed by atoms with Crippen molar-refractivity contribution in [3.05, 3.63) is 36.9 Å². The Morgan fingerprint density at radius 2 is 1.81 bits per heavy atom. The zero-order valence-electron chi connectivity index (χ0n) is 16.0. The molecule has 1 aromatic heterocycles. The largest absolute Gasteiger partial charge is 0.477 e. The van der Waals surface area contributed by atoms with Gasteiger partial charge in [-0.2, -0.15) is 4.98 Å². The summed E-state index contributed by atoms with van der Waals surface area (Å²) in [5, 5.41) is 0.994. The lowest BCUT2D eigenvalue weighted by Crippen LogP contribution is -2.46. The Labute approximate surface area is 174 Å². The molecule has 0 aliphatic carbocycles. The van der Waals surface area contributed by atoms with Gasteiger partial charge in [0.15, 0.2) is 0 Å². The molecule has 3 rings (SSSR count). The highest BCUT2D eigenvalue weighted by atomic mass is 35.5. The molecule has 0 amide bonds. The molecule has 27 heavy (non-hydrogen) atoms. The monoisotopic (exact) mass is 412 g/mol. The maximum absolute atomic E-state index is 6.01. The van der Waals surface area contributed by atoms with Gasteiger partial charge in [-0.3, -0.25) is 4.90 Å². The van der Waals surface area contributed by atoms with Crippen LogP contribution in [0.25, 0.3) is 10.9 Å². The summed E-state index contributed by atoms with van der Waals surface area (Å²) < 4.78 is 6.01. The predicted octanol–water partition coefficient (Wildman–Crippen LogP) is 4.35. The fourth-order valence-corrected chi connectivity index (χ4v) is 3.12. The molecule has 0 bridgehead atoms.